The number of carboxylic acid groups (broad SMARTS) is 1. The summed E-state index contributed by atoms with van der Waals surface area (Å²) < 4.78 is 0. The highest BCUT2D eigenvalue weighted by atomic mass is 16.4. The zero-order valence-electron chi connectivity index (χ0n) is 10.7. The fraction of sp³-hybridized carbons (Fsp3) is 0.846. The number of carbonyl (C=O) groups is 2. The van der Waals surface area contributed by atoms with Gasteiger partial charge in [0.15, 0.2) is 0 Å². The molecule has 0 aromatic carbocycles. The fourth-order valence-corrected chi connectivity index (χ4v) is 2.06. The van der Waals surface area contributed by atoms with Crippen molar-refractivity contribution >= 4 is 11.9 Å². The van der Waals surface area contributed by atoms with Crippen LogP contribution in [0.25, 0.3) is 0 Å². The van der Waals surface area contributed by atoms with Crippen molar-refractivity contribution in [2.45, 2.75) is 58.4 Å². The van der Waals surface area contributed by atoms with Gasteiger partial charge in [-0.1, -0.05) is 32.6 Å². The topological polar surface area (TPSA) is 66.4 Å². The van der Waals surface area contributed by atoms with Gasteiger partial charge in [-0.05, 0) is 19.8 Å². The van der Waals surface area contributed by atoms with Crippen molar-refractivity contribution in [3.8, 4) is 0 Å². The van der Waals surface area contributed by atoms with E-state index in [1.165, 1.54) is 19.3 Å². The molecule has 0 saturated heterocycles. The average Bonchev–Trinajstić information content (AvgIpc) is 3.04. The Morgan fingerprint density at radius 1 is 1.29 bits per heavy atom. The van der Waals surface area contributed by atoms with Crippen molar-refractivity contribution in [3.63, 3.8) is 0 Å². The maximum atomic E-state index is 11.6. The van der Waals surface area contributed by atoms with Gasteiger partial charge in [-0.2, -0.15) is 0 Å². The van der Waals surface area contributed by atoms with E-state index in [2.05, 4.69) is 12.2 Å². The summed E-state index contributed by atoms with van der Waals surface area (Å²) in [6, 6.07) is 0.161. The second-order valence-electron chi connectivity index (χ2n) is 5.05. The summed E-state index contributed by atoms with van der Waals surface area (Å²) in [5.41, 5.74) is 0. The first-order valence-electron chi connectivity index (χ1n) is 6.59. The summed E-state index contributed by atoms with van der Waals surface area (Å²) in [7, 11) is 0. The molecule has 1 amide bonds. The van der Waals surface area contributed by atoms with Gasteiger partial charge in [-0.3, -0.25) is 9.59 Å². The first-order valence-corrected chi connectivity index (χ1v) is 6.59. The van der Waals surface area contributed by atoms with E-state index in [9.17, 15) is 9.59 Å². The van der Waals surface area contributed by atoms with Crippen LogP contribution in [0.4, 0.5) is 0 Å². The Labute approximate surface area is 103 Å². The number of amides is 1. The molecule has 0 spiro atoms. The Hall–Kier alpha value is -1.06. The third kappa shape index (κ3) is 4.75. The highest BCUT2D eigenvalue weighted by Gasteiger charge is 2.48. The summed E-state index contributed by atoms with van der Waals surface area (Å²) in [6.45, 7) is 4.16. The molecule has 0 radical (unpaired) electrons. The van der Waals surface area contributed by atoms with E-state index in [4.69, 9.17) is 5.11 Å². The van der Waals surface area contributed by atoms with Crippen LogP contribution >= 0.6 is 0 Å². The van der Waals surface area contributed by atoms with E-state index in [0.29, 0.717) is 6.42 Å². The van der Waals surface area contributed by atoms with Gasteiger partial charge in [0.05, 0.1) is 11.8 Å². The van der Waals surface area contributed by atoms with Crippen LogP contribution in [-0.4, -0.2) is 23.0 Å². The van der Waals surface area contributed by atoms with E-state index in [0.717, 1.165) is 12.8 Å². The van der Waals surface area contributed by atoms with E-state index in [1.54, 1.807) is 0 Å². The molecule has 1 aliphatic rings. The molecule has 4 heteroatoms. The highest BCUT2D eigenvalue weighted by molar-refractivity contribution is 5.89. The van der Waals surface area contributed by atoms with Gasteiger partial charge in [0, 0.05) is 6.04 Å². The van der Waals surface area contributed by atoms with Crippen molar-refractivity contribution in [2.75, 3.05) is 0 Å². The van der Waals surface area contributed by atoms with Gasteiger partial charge in [0.2, 0.25) is 5.91 Å². The first-order chi connectivity index (χ1) is 8.06. The van der Waals surface area contributed by atoms with Gasteiger partial charge in [0.25, 0.3) is 0 Å². The molecule has 0 aromatic rings. The quantitative estimate of drug-likeness (QED) is 0.640. The monoisotopic (exact) mass is 241 g/mol. The molecular weight excluding hydrogens is 218 g/mol. The molecule has 1 rings (SSSR count). The lowest BCUT2D eigenvalue weighted by molar-refractivity contribution is -0.140. The Morgan fingerprint density at radius 2 is 2.00 bits per heavy atom. The molecule has 0 aliphatic heterocycles. The molecule has 0 bridgehead atoms. The maximum Gasteiger partial charge on any atom is 0.307 e. The molecule has 17 heavy (non-hydrogen) atoms. The minimum atomic E-state index is -0.847. The molecule has 1 aliphatic carbocycles. The minimum Gasteiger partial charge on any atom is -0.481 e. The number of carbonyl (C=O) groups excluding carboxylic acids is 1. The Morgan fingerprint density at radius 3 is 2.53 bits per heavy atom. The van der Waals surface area contributed by atoms with Crippen LogP contribution < -0.4 is 5.32 Å². The largest absolute Gasteiger partial charge is 0.481 e. The SMILES string of the molecule is CCCCCCC(C)NC(=O)[C@@H]1C[C@@H]1C(=O)O. The Bertz CT molecular complexity index is 278. The van der Waals surface area contributed by atoms with Crippen molar-refractivity contribution < 1.29 is 14.7 Å². The van der Waals surface area contributed by atoms with E-state index < -0.39 is 11.9 Å². The number of unbranched alkanes of at least 4 members (excludes halogenated alkanes) is 3. The fourth-order valence-electron chi connectivity index (χ4n) is 2.06. The first kappa shape index (κ1) is 14.0. The molecule has 0 heterocycles. The van der Waals surface area contributed by atoms with Crippen LogP contribution in [0, 0.1) is 11.8 Å². The van der Waals surface area contributed by atoms with E-state index >= 15 is 0 Å². The number of hydrogen-bond acceptors (Lipinski definition) is 2. The molecule has 98 valence electrons. The Balaban J connectivity index is 2.12. The zero-order valence-corrected chi connectivity index (χ0v) is 10.7. The van der Waals surface area contributed by atoms with Gasteiger partial charge >= 0.3 is 5.97 Å². The molecule has 1 unspecified atom stereocenters. The third-order valence-corrected chi connectivity index (χ3v) is 3.32. The van der Waals surface area contributed by atoms with Crippen molar-refractivity contribution in [2.24, 2.45) is 11.8 Å². The van der Waals surface area contributed by atoms with Crippen LogP contribution in [0.2, 0.25) is 0 Å². The predicted molar refractivity (Wildman–Crippen MR) is 65.6 cm³/mol. The lowest BCUT2D eigenvalue weighted by Crippen LogP contribution is -2.34. The predicted octanol–water partition coefficient (Wildman–Crippen LogP) is 2.18. The molecule has 3 atom stereocenters. The van der Waals surface area contributed by atoms with Gasteiger partial charge < -0.3 is 10.4 Å². The molecule has 2 N–H and O–H groups in total. The number of rotatable bonds is 8. The second-order valence-corrected chi connectivity index (χ2v) is 5.05. The maximum absolute atomic E-state index is 11.6. The molecule has 4 nitrogen and oxygen atoms in total. The summed E-state index contributed by atoms with van der Waals surface area (Å²) >= 11 is 0. The number of hydrogen-bond donors (Lipinski definition) is 2. The van der Waals surface area contributed by atoms with Gasteiger partial charge in [-0.25, -0.2) is 0 Å². The van der Waals surface area contributed by atoms with Crippen molar-refractivity contribution in [3.05, 3.63) is 0 Å². The Kier molecular flexibility index (Phi) is 5.45. The number of nitrogens with one attached hydrogen (secondary N) is 1. The summed E-state index contributed by atoms with van der Waals surface area (Å²) in [5.74, 6) is -1.66. The van der Waals surface area contributed by atoms with Crippen LogP contribution in [0.5, 0.6) is 0 Å². The lowest BCUT2D eigenvalue weighted by Gasteiger charge is -2.13. The van der Waals surface area contributed by atoms with Crippen LogP contribution in [0.1, 0.15) is 52.4 Å². The van der Waals surface area contributed by atoms with Crippen molar-refractivity contribution in [1.82, 2.24) is 5.32 Å². The highest BCUT2D eigenvalue weighted by Crippen LogP contribution is 2.38. The van der Waals surface area contributed by atoms with E-state index in [-0.39, 0.29) is 17.9 Å². The molecule has 0 aromatic heterocycles. The summed E-state index contributed by atoms with van der Waals surface area (Å²) in [6.07, 6.45) is 6.27. The van der Waals surface area contributed by atoms with Crippen LogP contribution in [0.15, 0.2) is 0 Å². The minimum absolute atomic E-state index is 0.0830. The van der Waals surface area contributed by atoms with E-state index in [1.807, 2.05) is 6.92 Å². The number of aliphatic carboxylic acids is 1. The van der Waals surface area contributed by atoms with Gasteiger partial charge in [-0.15, -0.1) is 0 Å². The van der Waals surface area contributed by atoms with Crippen LogP contribution in [-0.2, 0) is 9.59 Å². The van der Waals surface area contributed by atoms with Gasteiger partial charge in [0.1, 0.15) is 0 Å². The average molecular weight is 241 g/mol. The van der Waals surface area contributed by atoms with Crippen molar-refractivity contribution in [1.29, 1.82) is 0 Å². The molecule has 1 fully saturated rings. The number of carboxylic acids is 1. The summed E-state index contributed by atoms with van der Waals surface area (Å²) in [4.78, 5) is 22.3. The third-order valence-electron chi connectivity index (χ3n) is 3.32. The lowest BCUT2D eigenvalue weighted by atomic mass is 10.1. The second kappa shape index (κ2) is 6.62. The molecule has 1 saturated carbocycles. The van der Waals surface area contributed by atoms with Crippen LogP contribution in [0.3, 0.4) is 0 Å². The molecular formula is C13H23NO3. The zero-order chi connectivity index (χ0) is 12.8. The smallest absolute Gasteiger partial charge is 0.307 e. The standard InChI is InChI=1S/C13H23NO3/c1-3-4-5-6-7-9(2)14-12(15)10-8-11(10)13(16)17/h9-11H,3-8H2,1-2H3,(H,14,15)(H,16,17)/t9?,10-,11+/m1/s1. The summed E-state index contributed by atoms with van der Waals surface area (Å²) in [5, 5.41) is 11.6. The normalized spacial score (nSPS) is 24.1.